The Balaban J connectivity index is 2.45. The number of pyridine rings is 1. The van der Waals surface area contributed by atoms with Crippen LogP contribution in [0.4, 0.5) is 0 Å². The quantitative estimate of drug-likeness (QED) is 0.837. The molecule has 3 heteroatoms. The Bertz CT molecular complexity index is 509. The SMILES string of the molecule is COc1ccc(-c2cncc(O)c2)cc1C. The van der Waals surface area contributed by atoms with E-state index < -0.39 is 0 Å². The second-order valence-electron chi connectivity index (χ2n) is 3.62. The lowest BCUT2D eigenvalue weighted by Gasteiger charge is -2.07. The molecule has 0 amide bonds. The fourth-order valence-electron chi connectivity index (χ4n) is 1.64. The van der Waals surface area contributed by atoms with E-state index in [1.807, 2.05) is 25.1 Å². The summed E-state index contributed by atoms with van der Waals surface area (Å²) >= 11 is 0. The fourth-order valence-corrected chi connectivity index (χ4v) is 1.64. The smallest absolute Gasteiger partial charge is 0.134 e. The van der Waals surface area contributed by atoms with E-state index in [1.165, 1.54) is 6.20 Å². The minimum absolute atomic E-state index is 0.172. The van der Waals surface area contributed by atoms with E-state index in [9.17, 15) is 5.11 Å². The highest BCUT2D eigenvalue weighted by atomic mass is 16.5. The monoisotopic (exact) mass is 215 g/mol. The molecule has 0 aliphatic rings. The lowest BCUT2D eigenvalue weighted by Crippen LogP contribution is -1.88. The van der Waals surface area contributed by atoms with Gasteiger partial charge in [0.05, 0.1) is 13.3 Å². The van der Waals surface area contributed by atoms with Crippen molar-refractivity contribution in [2.45, 2.75) is 6.92 Å². The Labute approximate surface area is 94.3 Å². The predicted molar refractivity (Wildman–Crippen MR) is 62.6 cm³/mol. The molecule has 0 aliphatic heterocycles. The van der Waals surface area contributed by atoms with Crippen molar-refractivity contribution < 1.29 is 9.84 Å². The Kier molecular flexibility index (Phi) is 2.77. The Hall–Kier alpha value is -2.03. The number of methoxy groups -OCH3 is 1. The molecule has 2 aromatic rings. The van der Waals surface area contributed by atoms with Crippen LogP contribution >= 0.6 is 0 Å². The molecule has 0 spiro atoms. The molecule has 1 heterocycles. The van der Waals surface area contributed by atoms with Crippen molar-refractivity contribution in [3.05, 3.63) is 42.2 Å². The van der Waals surface area contributed by atoms with E-state index in [0.717, 1.165) is 22.4 Å². The molecule has 0 radical (unpaired) electrons. The number of aromatic hydroxyl groups is 1. The maximum Gasteiger partial charge on any atom is 0.134 e. The summed E-state index contributed by atoms with van der Waals surface area (Å²) in [6.45, 7) is 1.98. The zero-order valence-corrected chi connectivity index (χ0v) is 9.27. The van der Waals surface area contributed by atoms with E-state index in [-0.39, 0.29) is 5.75 Å². The standard InChI is InChI=1S/C13H13NO2/c1-9-5-10(3-4-13(9)16-2)11-6-12(15)8-14-7-11/h3-8,15H,1-2H3. The summed E-state index contributed by atoms with van der Waals surface area (Å²) in [5.74, 6) is 1.03. The van der Waals surface area contributed by atoms with E-state index in [1.54, 1.807) is 19.4 Å². The van der Waals surface area contributed by atoms with Crippen LogP contribution in [0.5, 0.6) is 11.5 Å². The Morgan fingerprint density at radius 2 is 1.94 bits per heavy atom. The summed E-state index contributed by atoms with van der Waals surface area (Å²) < 4.78 is 5.19. The molecule has 0 aliphatic carbocycles. The molecule has 2 rings (SSSR count). The minimum atomic E-state index is 0.172. The van der Waals surface area contributed by atoms with Gasteiger partial charge >= 0.3 is 0 Å². The van der Waals surface area contributed by atoms with E-state index in [4.69, 9.17) is 4.74 Å². The van der Waals surface area contributed by atoms with E-state index >= 15 is 0 Å². The number of ether oxygens (including phenoxy) is 1. The first-order valence-electron chi connectivity index (χ1n) is 5.00. The number of rotatable bonds is 2. The minimum Gasteiger partial charge on any atom is -0.506 e. The molecule has 0 unspecified atom stereocenters. The predicted octanol–water partition coefficient (Wildman–Crippen LogP) is 2.77. The molecule has 0 fully saturated rings. The van der Waals surface area contributed by atoms with Gasteiger partial charge in [-0.2, -0.15) is 0 Å². The maximum absolute atomic E-state index is 9.36. The molecule has 1 aromatic carbocycles. The number of aryl methyl sites for hydroxylation is 1. The first-order chi connectivity index (χ1) is 7.70. The number of nitrogens with zero attached hydrogens (tertiary/aromatic N) is 1. The van der Waals surface area contributed by atoms with Crippen LogP contribution in [0, 0.1) is 6.92 Å². The zero-order chi connectivity index (χ0) is 11.5. The van der Waals surface area contributed by atoms with E-state index in [2.05, 4.69) is 4.98 Å². The third-order valence-corrected chi connectivity index (χ3v) is 2.45. The third kappa shape index (κ3) is 1.98. The molecule has 1 aromatic heterocycles. The lowest BCUT2D eigenvalue weighted by atomic mass is 10.0. The summed E-state index contributed by atoms with van der Waals surface area (Å²) in [4.78, 5) is 3.95. The van der Waals surface area contributed by atoms with Crippen LogP contribution in [0.1, 0.15) is 5.56 Å². The highest BCUT2D eigenvalue weighted by molar-refractivity contribution is 5.65. The lowest BCUT2D eigenvalue weighted by molar-refractivity contribution is 0.412. The molecule has 3 nitrogen and oxygen atoms in total. The molecule has 0 saturated carbocycles. The van der Waals surface area contributed by atoms with Gasteiger partial charge in [0.15, 0.2) is 0 Å². The van der Waals surface area contributed by atoms with Gasteiger partial charge in [0.2, 0.25) is 0 Å². The topological polar surface area (TPSA) is 42.4 Å². The Morgan fingerprint density at radius 1 is 1.12 bits per heavy atom. The Morgan fingerprint density at radius 3 is 2.56 bits per heavy atom. The van der Waals surface area contributed by atoms with Crippen LogP contribution in [-0.2, 0) is 0 Å². The van der Waals surface area contributed by atoms with Crippen LogP contribution in [0.2, 0.25) is 0 Å². The van der Waals surface area contributed by atoms with Gasteiger partial charge in [-0.15, -0.1) is 0 Å². The summed E-state index contributed by atoms with van der Waals surface area (Å²) in [7, 11) is 1.65. The van der Waals surface area contributed by atoms with Gasteiger partial charge in [0.1, 0.15) is 11.5 Å². The summed E-state index contributed by atoms with van der Waals surface area (Å²) in [5, 5.41) is 9.36. The summed E-state index contributed by atoms with van der Waals surface area (Å²) in [5.41, 5.74) is 2.97. The largest absolute Gasteiger partial charge is 0.506 e. The van der Waals surface area contributed by atoms with Crippen molar-refractivity contribution in [1.82, 2.24) is 4.98 Å². The summed E-state index contributed by atoms with van der Waals surface area (Å²) in [6, 6.07) is 7.56. The highest BCUT2D eigenvalue weighted by Gasteiger charge is 2.03. The second kappa shape index (κ2) is 4.23. The van der Waals surface area contributed by atoms with Crippen molar-refractivity contribution in [2.75, 3.05) is 7.11 Å². The molecular weight excluding hydrogens is 202 g/mol. The molecule has 1 N–H and O–H groups in total. The molecular formula is C13H13NO2. The van der Waals surface area contributed by atoms with Crippen molar-refractivity contribution in [1.29, 1.82) is 0 Å². The van der Waals surface area contributed by atoms with Crippen LogP contribution in [-0.4, -0.2) is 17.2 Å². The molecule has 0 saturated heterocycles. The first-order valence-corrected chi connectivity index (χ1v) is 5.00. The van der Waals surface area contributed by atoms with Crippen molar-refractivity contribution in [3.63, 3.8) is 0 Å². The van der Waals surface area contributed by atoms with Gasteiger partial charge in [0, 0.05) is 11.8 Å². The average molecular weight is 215 g/mol. The second-order valence-corrected chi connectivity index (χ2v) is 3.62. The van der Waals surface area contributed by atoms with Gasteiger partial charge < -0.3 is 9.84 Å². The van der Waals surface area contributed by atoms with E-state index in [0.29, 0.717) is 0 Å². The van der Waals surface area contributed by atoms with Crippen molar-refractivity contribution in [3.8, 4) is 22.6 Å². The van der Waals surface area contributed by atoms with Crippen molar-refractivity contribution >= 4 is 0 Å². The normalized spacial score (nSPS) is 10.1. The molecule has 16 heavy (non-hydrogen) atoms. The molecule has 0 bridgehead atoms. The summed E-state index contributed by atoms with van der Waals surface area (Å²) in [6.07, 6.45) is 3.14. The van der Waals surface area contributed by atoms with Gasteiger partial charge in [-0.3, -0.25) is 4.98 Å². The van der Waals surface area contributed by atoms with Crippen LogP contribution in [0.3, 0.4) is 0 Å². The number of hydrogen-bond acceptors (Lipinski definition) is 3. The number of benzene rings is 1. The third-order valence-electron chi connectivity index (χ3n) is 2.45. The number of hydrogen-bond donors (Lipinski definition) is 1. The molecule has 0 atom stereocenters. The zero-order valence-electron chi connectivity index (χ0n) is 9.27. The van der Waals surface area contributed by atoms with Gasteiger partial charge in [0.25, 0.3) is 0 Å². The van der Waals surface area contributed by atoms with Crippen LogP contribution < -0.4 is 4.74 Å². The first kappa shape index (κ1) is 10.5. The average Bonchev–Trinajstić information content (AvgIpc) is 2.29. The maximum atomic E-state index is 9.36. The van der Waals surface area contributed by atoms with Gasteiger partial charge in [-0.05, 0) is 36.2 Å². The number of aromatic nitrogens is 1. The van der Waals surface area contributed by atoms with Gasteiger partial charge in [-0.25, -0.2) is 0 Å². The fraction of sp³-hybridized carbons (Fsp3) is 0.154. The van der Waals surface area contributed by atoms with Gasteiger partial charge in [-0.1, -0.05) is 6.07 Å². The van der Waals surface area contributed by atoms with Crippen LogP contribution in [0.25, 0.3) is 11.1 Å². The highest BCUT2D eigenvalue weighted by Crippen LogP contribution is 2.27. The van der Waals surface area contributed by atoms with Crippen LogP contribution in [0.15, 0.2) is 36.7 Å². The molecule has 82 valence electrons. The van der Waals surface area contributed by atoms with Crippen molar-refractivity contribution in [2.24, 2.45) is 0 Å².